The molecule has 0 aliphatic heterocycles. The van der Waals surface area contributed by atoms with E-state index >= 15 is 0 Å². The zero-order chi connectivity index (χ0) is 15.7. The van der Waals surface area contributed by atoms with E-state index in [0.717, 1.165) is 37.2 Å². The fraction of sp³-hybridized carbons (Fsp3) is 0.471. The molecule has 0 radical (unpaired) electrons. The fourth-order valence-corrected chi connectivity index (χ4v) is 1.79. The second kappa shape index (κ2) is 9.19. The molecule has 4 heteroatoms. The normalized spacial score (nSPS) is 11.5. The number of nitrogens with zero attached hydrogens (tertiary/aromatic N) is 1. The van der Waals surface area contributed by atoms with Crippen LogP contribution in [-0.4, -0.2) is 37.0 Å². The molecule has 0 fully saturated rings. The molecule has 0 aliphatic carbocycles. The van der Waals surface area contributed by atoms with Gasteiger partial charge in [-0.15, -0.1) is 0 Å². The lowest BCUT2D eigenvalue weighted by Gasteiger charge is -2.20. The number of nitrogens with two attached hydrogens (primary N) is 1. The van der Waals surface area contributed by atoms with Gasteiger partial charge < -0.3 is 16.0 Å². The van der Waals surface area contributed by atoms with Crippen molar-refractivity contribution in [1.29, 1.82) is 0 Å². The number of carbonyl (C=O) groups is 1. The maximum Gasteiger partial charge on any atom is 0.243 e. The van der Waals surface area contributed by atoms with Gasteiger partial charge in [0.15, 0.2) is 0 Å². The molecule has 4 nitrogen and oxygen atoms in total. The Labute approximate surface area is 128 Å². The molecule has 1 aromatic carbocycles. The Morgan fingerprint density at radius 1 is 1.29 bits per heavy atom. The molecule has 0 aromatic heterocycles. The molecule has 1 amide bonds. The van der Waals surface area contributed by atoms with Gasteiger partial charge in [0, 0.05) is 24.4 Å². The van der Waals surface area contributed by atoms with Gasteiger partial charge in [-0.3, -0.25) is 4.79 Å². The number of nitrogens with one attached hydrogen (secondary N) is 1. The SMILES string of the molecule is CC(C)N(C)CCCCNC(=O)/C=C/c1ccc(N)cc1. The first-order valence-corrected chi connectivity index (χ1v) is 7.50. The van der Waals surface area contributed by atoms with Gasteiger partial charge in [-0.25, -0.2) is 0 Å². The van der Waals surface area contributed by atoms with E-state index in [2.05, 4.69) is 31.1 Å². The summed E-state index contributed by atoms with van der Waals surface area (Å²) in [6.45, 7) is 6.15. The standard InChI is InChI=1S/C17H27N3O/c1-14(2)20(3)13-5-4-12-19-17(21)11-8-15-6-9-16(18)10-7-15/h6-11,14H,4-5,12-13,18H2,1-3H3,(H,19,21)/b11-8+. The molecular formula is C17H27N3O. The highest BCUT2D eigenvalue weighted by atomic mass is 16.1. The summed E-state index contributed by atoms with van der Waals surface area (Å²) in [5.74, 6) is -0.0518. The van der Waals surface area contributed by atoms with E-state index in [1.807, 2.05) is 24.3 Å². The third-order valence-electron chi connectivity index (χ3n) is 3.48. The van der Waals surface area contributed by atoms with Crippen molar-refractivity contribution in [3.63, 3.8) is 0 Å². The smallest absolute Gasteiger partial charge is 0.243 e. The predicted octanol–water partition coefficient (Wildman–Crippen LogP) is 2.52. The van der Waals surface area contributed by atoms with Gasteiger partial charge in [-0.2, -0.15) is 0 Å². The van der Waals surface area contributed by atoms with Gasteiger partial charge in [-0.1, -0.05) is 12.1 Å². The van der Waals surface area contributed by atoms with Crippen LogP contribution >= 0.6 is 0 Å². The molecule has 21 heavy (non-hydrogen) atoms. The van der Waals surface area contributed by atoms with Crippen LogP contribution in [0.25, 0.3) is 6.08 Å². The van der Waals surface area contributed by atoms with Gasteiger partial charge in [0.2, 0.25) is 5.91 Å². The molecule has 0 saturated carbocycles. The summed E-state index contributed by atoms with van der Waals surface area (Å²) in [7, 11) is 2.12. The lowest BCUT2D eigenvalue weighted by molar-refractivity contribution is -0.116. The summed E-state index contributed by atoms with van der Waals surface area (Å²) >= 11 is 0. The largest absolute Gasteiger partial charge is 0.399 e. The molecule has 0 aliphatic rings. The second-order valence-corrected chi connectivity index (χ2v) is 5.57. The van der Waals surface area contributed by atoms with E-state index in [0.29, 0.717) is 6.04 Å². The minimum absolute atomic E-state index is 0.0518. The van der Waals surface area contributed by atoms with E-state index in [4.69, 9.17) is 5.73 Å². The minimum Gasteiger partial charge on any atom is -0.399 e. The summed E-state index contributed by atoms with van der Waals surface area (Å²) in [6, 6.07) is 8.00. The summed E-state index contributed by atoms with van der Waals surface area (Å²) in [6.07, 6.45) is 5.45. The van der Waals surface area contributed by atoms with E-state index < -0.39 is 0 Å². The average Bonchev–Trinajstić information content (AvgIpc) is 2.46. The van der Waals surface area contributed by atoms with Gasteiger partial charge in [0.1, 0.15) is 0 Å². The quantitative estimate of drug-likeness (QED) is 0.439. The highest BCUT2D eigenvalue weighted by Crippen LogP contribution is 2.06. The molecule has 1 aromatic rings. The molecule has 0 heterocycles. The van der Waals surface area contributed by atoms with Crippen LogP contribution in [0.4, 0.5) is 5.69 Å². The number of anilines is 1. The van der Waals surface area contributed by atoms with Crippen molar-refractivity contribution >= 4 is 17.7 Å². The van der Waals surface area contributed by atoms with Crippen molar-refractivity contribution in [2.45, 2.75) is 32.7 Å². The number of hydrogen-bond acceptors (Lipinski definition) is 3. The first kappa shape index (κ1) is 17.2. The number of amides is 1. The molecule has 1 rings (SSSR count). The highest BCUT2D eigenvalue weighted by molar-refractivity contribution is 5.91. The zero-order valence-corrected chi connectivity index (χ0v) is 13.3. The molecule has 116 valence electrons. The summed E-state index contributed by atoms with van der Waals surface area (Å²) in [5.41, 5.74) is 7.31. The Morgan fingerprint density at radius 3 is 2.57 bits per heavy atom. The van der Waals surface area contributed by atoms with Crippen molar-refractivity contribution in [3.05, 3.63) is 35.9 Å². The van der Waals surface area contributed by atoms with Crippen LogP contribution in [0.15, 0.2) is 30.3 Å². The maximum atomic E-state index is 11.7. The lowest BCUT2D eigenvalue weighted by atomic mass is 10.2. The predicted molar refractivity (Wildman–Crippen MR) is 89.9 cm³/mol. The Kier molecular flexibility index (Phi) is 7.54. The van der Waals surface area contributed by atoms with Crippen LogP contribution in [0.5, 0.6) is 0 Å². The molecular weight excluding hydrogens is 262 g/mol. The fourth-order valence-electron chi connectivity index (χ4n) is 1.79. The van der Waals surface area contributed by atoms with Crippen molar-refractivity contribution in [2.24, 2.45) is 0 Å². The third-order valence-corrected chi connectivity index (χ3v) is 3.48. The van der Waals surface area contributed by atoms with Gasteiger partial charge in [0.05, 0.1) is 0 Å². The van der Waals surface area contributed by atoms with E-state index in [-0.39, 0.29) is 5.91 Å². The van der Waals surface area contributed by atoms with Crippen LogP contribution in [0.2, 0.25) is 0 Å². The first-order valence-electron chi connectivity index (χ1n) is 7.50. The Bertz CT molecular complexity index is 452. The van der Waals surface area contributed by atoms with E-state index in [9.17, 15) is 4.79 Å². The monoisotopic (exact) mass is 289 g/mol. The molecule has 0 atom stereocenters. The first-order chi connectivity index (χ1) is 9.99. The minimum atomic E-state index is -0.0518. The average molecular weight is 289 g/mol. The molecule has 3 N–H and O–H groups in total. The Morgan fingerprint density at radius 2 is 1.95 bits per heavy atom. The Balaban J connectivity index is 2.18. The molecule has 0 unspecified atom stereocenters. The van der Waals surface area contributed by atoms with Gasteiger partial charge >= 0.3 is 0 Å². The van der Waals surface area contributed by atoms with Crippen LogP contribution < -0.4 is 11.1 Å². The summed E-state index contributed by atoms with van der Waals surface area (Å²) in [5, 5.41) is 2.90. The highest BCUT2D eigenvalue weighted by Gasteiger charge is 2.02. The van der Waals surface area contributed by atoms with E-state index in [1.54, 1.807) is 12.2 Å². The topological polar surface area (TPSA) is 58.4 Å². The van der Waals surface area contributed by atoms with Crippen molar-refractivity contribution in [3.8, 4) is 0 Å². The second-order valence-electron chi connectivity index (χ2n) is 5.57. The van der Waals surface area contributed by atoms with Crippen molar-refractivity contribution in [1.82, 2.24) is 10.2 Å². The zero-order valence-electron chi connectivity index (χ0n) is 13.3. The molecule has 0 bridgehead atoms. The molecule has 0 spiro atoms. The van der Waals surface area contributed by atoms with Crippen LogP contribution in [0.3, 0.4) is 0 Å². The number of unbranched alkanes of at least 4 members (excludes halogenated alkanes) is 1. The molecule has 0 saturated heterocycles. The number of nitrogen functional groups attached to an aromatic ring is 1. The van der Waals surface area contributed by atoms with Crippen LogP contribution in [-0.2, 0) is 4.79 Å². The maximum absolute atomic E-state index is 11.7. The van der Waals surface area contributed by atoms with Crippen molar-refractivity contribution in [2.75, 3.05) is 25.9 Å². The van der Waals surface area contributed by atoms with Gasteiger partial charge in [0.25, 0.3) is 0 Å². The number of hydrogen-bond donors (Lipinski definition) is 2. The van der Waals surface area contributed by atoms with Gasteiger partial charge in [-0.05, 0) is 64.1 Å². The number of rotatable bonds is 8. The summed E-state index contributed by atoms with van der Waals surface area (Å²) < 4.78 is 0. The van der Waals surface area contributed by atoms with E-state index in [1.165, 1.54) is 0 Å². The third kappa shape index (κ3) is 7.51. The summed E-state index contributed by atoms with van der Waals surface area (Å²) in [4.78, 5) is 14.0. The van der Waals surface area contributed by atoms with Crippen molar-refractivity contribution < 1.29 is 4.79 Å². The number of carbonyl (C=O) groups excluding carboxylic acids is 1. The number of benzene rings is 1. The van der Waals surface area contributed by atoms with Crippen LogP contribution in [0.1, 0.15) is 32.3 Å². The van der Waals surface area contributed by atoms with Crippen LogP contribution in [0, 0.1) is 0 Å². The lowest BCUT2D eigenvalue weighted by Crippen LogP contribution is -2.28. The Hall–Kier alpha value is -1.81.